The smallest absolute Gasteiger partial charge is 0.275 e. The van der Waals surface area contributed by atoms with E-state index in [0.717, 1.165) is 21.3 Å². The number of amides is 1. The molecule has 0 aliphatic rings. The maximum Gasteiger partial charge on any atom is 0.275 e. The Hall–Kier alpha value is -3.12. The van der Waals surface area contributed by atoms with Gasteiger partial charge in [-0.1, -0.05) is 58.4 Å². The van der Waals surface area contributed by atoms with Crippen LogP contribution in [0.5, 0.6) is 11.5 Å². The number of hydrogen-bond donors (Lipinski definition) is 1. The average molecular weight is 439 g/mol. The van der Waals surface area contributed by atoms with Crippen LogP contribution in [-0.4, -0.2) is 19.2 Å². The van der Waals surface area contributed by atoms with Gasteiger partial charge in [0.2, 0.25) is 0 Å². The van der Waals surface area contributed by atoms with Gasteiger partial charge in [-0.25, -0.2) is 5.43 Å². The van der Waals surface area contributed by atoms with Gasteiger partial charge in [-0.15, -0.1) is 0 Å². The Bertz CT molecular complexity index is 975. The number of hydrogen-bond acceptors (Lipinski definition) is 4. The van der Waals surface area contributed by atoms with Gasteiger partial charge in [-0.3, -0.25) is 4.79 Å². The lowest BCUT2D eigenvalue weighted by Gasteiger charge is -2.11. The van der Waals surface area contributed by atoms with Crippen LogP contribution < -0.4 is 14.9 Å². The molecule has 0 radical (unpaired) electrons. The maximum atomic E-state index is 12.6. The number of ether oxygens (including phenoxy) is 2. The molecule has 0 aromatic heterocycles. The van der Waals surface area contributed by atoms with Crippen molar-refractivity contribution in [3.8, 4) is 11.5 Å². The SMILES string of the molecule is COc1cccc(/C=N\NC(=O)c2cc(Br)ccc2OCc2ccccc2)c1. The summed E-state index contributed by atoms with van der Waals surface area (Å²) in [5.41, 5.74) is 4.77. The van der Waals surface area contributed by atoms with E-state index in [1.165, 1.54) is 0 Å². The number of rotatable bonds is 7. The summed E-state index contributed by atoms with van der Waals surface area (Å²) in [6, 6.07) is 22.5. The first-order valence-corrected chi connectivity index (χ1v) is 9.39. The fourth-order valence-corrected chi connectivity index (χ4v) is 2.85. The molecule has 0 saturated carbocycles. The van der Waals surface area contributed by atoms with Gasteiger partial charge in [0.15, 0.2) is 0 Å². The second kappa shape index (κ2) is 9.71. The summed E-state index contributed by atoms with van der Waals surface area (Å²) in [6.45, 7) is 0.371. The molecule has 3 aromatic carbocycles. The van der Waals surface area contributed by atoms with Crippen LogP contribution in [0.3, 0.4) is 0 Å². The van der Waals surface area contributed by atoms with E-state index in [1.54, 1.807) is 25.5 Å². The highest BCUT2D eigenvalue weighted by Crippen LogP contribution is 2.24. The highest BCUT2D eigenvalue weighted by molar-refractivity contribution is 9.10. The third kappa shape index (κ3) is 5.44. The molecule has 6 heteroatoms. The monoisotopic (exact) mass is 438 g/mol. The van der Waals surface area contributed by atoms with Crippen molar-refractivity contribution in [3.05, 3.63) is 94.0 Å². The van der Waals surface area contributed by atoms with Crippen LogP contribution in [0.1, 0.15) is 21.5 Å². The molecule has 0 aliphatic heterocycles. The Morgan fingerprint density at radius 2 is 1.89 bits per heavy atom. The van der Waals surface area contributed by atoms with Crippen molar-refractivity contribution in [3.63, 3.8) is 0 Å². The third-order valence-electron chi connectivity index (χ3n) is 3.90. The number of carbonyl (C=O) groups is 1. The summed E-state index contributed by atoms with van der Waals surface area (Å²) in [4.78, 5) is 12.6. The molecule has 0 aliphatic carbocycles. The predicted octanol–water partition coefficient (Wildman–Crippen LogP) is 4.80. The summed E-state index contributed by atoms with van der Waals surface area (Å²) < 4.78 is 11.8. The Morgan fingerprint density at radius 1 is 1.07 bits per heavy atom. The van der Waals surface area contributed by atoms with Crippen molar-refractivity contribution in [2.75, 3.05) is 7.11 Å². The summed E-state index contributed by atoms with van der Waals surface area (Å²) in [6.07, 6.45) is 1.56. The van der Waals surface area contributed by atoms with Crippen molar-refractivity contribution in [2.24, 2.45) is 5.10 Å². The second-order valence-corrected chi connectivity index (χ2v) is 6.81. The molecule has 0 spiro atoms. The minimum Gasteiger partial charge on any atom is -0.497 e. The van der Waals surface area contributed by atoms with Crippen molar-refractivity contribution in [2.45, 2.75) is 6.61 Å². The fourth-order valence-electron chi connectivity index (χ4n) is 2.49. The normalized spacial score (nSPS) is 10.6. The molecule has 1 N–H and O–H groups in total. The number of carbonyl (C=O) groups excluding carboxylic acids is 1. The lowest BCUT2D eigenvalue weighted by Crippen LogP contribution is -2.18. The van der Waals surface area contributed by atoms with E-state index >= 15 is 0 Å². The van der Waals surface area contributed by atoms with E-state index in [9.17, 15) is 4.79 Å². The quantitative estimate of drug-likeness (QED) is 0.425. The molecule has 142 valence electrons. The first-order valence-electron chi connectivity index (χ1n) is 8.59. The molecule has 1 amide bonds. The summed E-state index contributed by atoms with van der Waals surface area (Å²) in [5.74, 6) is 0.850. The topological polar surface area (TPSA) is 59.9 Å². The van der Waals surface area contributed by atoms with Gasteiger partial charge in [0, 0.05) is 4.47 Å². The molecule has 28 heavy (non-hydrogen) atoms. The average Bonchev–Trinajstić information content (AvgIpc) is 2.73. The highest BCUT2D eigenvalue weighted by atomic mass is 79.9. The molecular weight excluding hydrogens is 420 g/mol. The third-order valence-corrected chi connectivity index (χ3v) is 4.39. The highest BCUT2D eigenvalue weighted by Gasteiger charge is 2.13. The molecule has 0 fully saturated rings. The molecular formula is C22H19BrN2O3. The van der Waals surface area contributed by atoms with E-state index in [0.29, 0.717) is 17.9 Å². The van der Waals surface area contributed by atoms with Crippen LogP contribution in [0.2, 0.25) is 0 Å². The van der Waals surface area contributed by atoms with Crippen LogP contribution in [0.25, 0.3) is 0 Å². The number of hydrazone groups is 1. The molecule has 0 heterocycles. The van der Waals surface area contributed by atoms with E-state index in [4.69, 9.17) is 9.47 Å². The molecule has 3 rings (SSSR count). The number of benzene rings is 3. The van der Waals surface area contributed by atoms with Crippen molar-refractivity contribution >= 4 is 28.1 Å². The summed E-state index contributed by atoms with van der Waals surface area (Å²) in [7, 11) is 1.60. The van der Waals surface area contributed by atoms with Gasteiger partial charge >= 0.3 is 0 Å². The van der Waals surface area contributed by atoms with Crippen molar-refractivity contribution in [1.82, 2.24) is 5.43 Å². The molecule has 0 unspecified atom stereocenters. The molecule has 3 aromatic rings. The van der Waals surface area contributed by atoms with Gasteiger partial charge in [-0.2, -0.15) is 5.10 Å². The molecule has 0 saturated heterocycles. The molecule has 0 bridgehead atoms. The number of nitrogens with zero attached hydrogens (tertiary/aromatic N) is 1. The zero-order valence-electron chi connectivity index (χ0n) is 15.3. The van der Waals surface area contributed by atoms with Crippen molar-refractivity contribution < 1.29 is 14.3 Å². The summed E-state index contributed by atoms with van der Waals surface area (Å²) in [5, 5.41) is 4.03. The number of halogens is 1. The maximum absolute atomic E-state index is 12.6. The predicted molar refractivity (Wildman–Crippen MR) is 113 cm³/mol. The van der Waals surface area contributed by atoms with Crippen LogP contribution in [0.15, 0.2) is 82.4 Å². The molecule has 0 atom stereocenters. The Balaban J connectivity index is 1.69. The van der Waals surface area contributed by atoms with Crippen LogP contribution in [0, 0.1) is 0 Å². The minimum absolute atomic E-state index is 0.358. The second-order valence-electron chi connectivity index (χ2n) is 5.89. The van der Waals surface area contributed by atoms with Gasteiger partial charge in [0.25, 0.3) is 5.91 Å². The number of methoxy groups -OCH3 is 1. The van der Waals surface area contributed by atoms with Crippen molar-refractivity contribution in [1.29, 1.82) is 0 Å². The number of nitrogens with one attached hydrogen (secondary N) is 1. The minimum atomic E-state index is -0.358. The first kappa shape index (κ1) is 19.6. The zero-order valence-corrected chi connectivity index (χ0v) is 16.8. The lowest BCUT2D eigenvalue weighted by molar-refractivity contribution is 0.0950. The van der Waals surface area contributed by atoms with Gasteiger partial charge in [0.05, 0.1) is 18.9 Å². The van der Waals surface area contributed by atoms with Crippen LogP contribution in [-0.2, 0) is 6.61 Å². The van der Waals surface area contributed by atoms with Gasteiger partial charge in [-0.05, 0) is 41.5 Å². The van der Waals surface area contributed by atoms with E-state index in [2.05, 4.69) is 26.5 Å². The standard InChI is InChI=1S/C22H19BrN2O3/c1-27-19-9-5-8-17(12-19)14-24-25-22(26)20-13-18(23)10-11-21(20)28-15-16-6-3-2-4-7-16/h2-14H,15H2,1H3,(H,25,26)/b24-14-. The van der Waals surface area contributed by atoms with Crippen LogP contribution >= 0.6 is 15.9 Å². The fraction of sp³-hybridized carbons (Fsp3) is 0.0909. The van der Waals surface area contributed by atoms with E-state index < -0.39 is 0 Å². The van der Waals surface area contributed by atoms with E-state index in [1.807, 2.05) is 60.7 Å². The summed E-state index contributed by atoms with van der Waals surface area (Å²) >= 11 is 3.39. The van der Waals surface area contributed by atoms with Gasteiger partial charge < -0.3 is 9.47 Å². The van der Waals surface area contributed by atoms with Crippen LogP contribution in [0.4, 0.5) is 0 Å². The lowest BCUT2D eigenvalue weighted by atomic mass is 10.2. The molecule has 5 nitrogen and oxygen atoms in total. The Kier molecular flexibility index (Phi) is 6.81. The first-order chi connectivity index (χ1) is 13.7. The zero-order chi connectivity index (χ0) is 19.8. The van der Waals surface area contributed by atoms with E-state index in [-0.39, 0.29) is 5.91 Å². The largest absolute Gasteiger partial charge is 0.497 e. The Morgan fingerprint density at radius 3 is 2.68 bits per heavy atom. The Labute approximate surface area is 172 Å². The van der Waals surface area contributed by atoms with Gasteiger partial charge in [0.1, 0.15) is 18.1 Å².